The molecule has 2 fully saturated rings. The van der Waals surface area contributed by atoms with Crippen LogP contribution in [-0.4, -0.2) is 28.1 Å². The Bertz CT molecular complexity index is 259. The summed E-state index contributed by atoms with van der Waals surface area (Å²) in [5, 5.41) is 11.2. The van der Waals surface area contributed by atoms with E-state index in [1.165, 1.54) is 13.1 Å². The fraction of sp³-hybridized carbons (Fsp3) is 0.750. The highest BCUT2D eigenvalue weighted by molar-refractivity contribution is 5.03. The van der Waals surface area contributed by atoms with E-state index in [-0.39, 0.29) is 0 Å². The number of piperidine rings is 1. The van der Waals surface area contributed by atoms with Crippen molar-refractivity contribution in [3.05, 3.63) is 12.4 Å². The zero-order chi connectivity index (χ0) is 7.97. The van der Waals surface area contributed by atoms with Crippen molar-refractivity contribution in [1.29, 1.82) is 0 Å². The van der Waals surface area contributed by atoms with Gasteiger partial charge in [0.05, 0.1) is 6.20 Å². The third kappa shape index (κ3) is 0.876. The first-order valence-corrected chi connectivity index (χ1v) is 4.50. The van der Waals surface area contributed by atoms with Crippen molar-refractivity contribution in [3.63, 3.8) is 0 Å². The lowest BCUT2D eigenvalue weighted by molar-refractivity contribution is 0.474. The van der Waals surface area contributed by atoms with Gasteiger partial charge < -0.3 is 5.32 Å². The van der Waals surface area contributed by atoms with Gasteiger partial charge in [0.15, 0.2) is 0 Å². The highest BCUT2D eigenvalue weighted by Crippen LogP contribution is 2.49. The molecular formula is C8H12N4. The minimum Gasteiger partial charge on any atom is -0.316 e. The third-order valence-electron chi connectivity index (χ3n) is 3.14. The van der Waals surface area contributed by atoms with Gasteiger partial charge in [0.25, 0.3) is 0 Å². The Hall–Kier alpha value is -0.900. The van der Waals surface area contributed by atoms with E-state index in [1.54, 1.807) is 6.20 Å². The maximum atomic E-state index is 3.97. The van der Waals surface area contributed by atoms with E-state index >= 15 is 0 Å². The number of hydrogen-bond acceptors (Lipinski definition) is 3. The van der Waals surface area contributed by atoms with Crippen molar-refractivity contribution < 1.29 is 0 Å². The molecule has 1 aromatic rings. The molecule has 1 N–H and O–H groups in total. The number of aromatic nitrogens is 3. The Labute approximate surface area is 71.0 Å². The zero-order valence-corrected chi connectivity index (χ0v) is 6.85. The second-order valence-corrected chi connectivity index (χ2v) is 3.77. The summed E-state index contributed by atoms with van der Waals surface area (Å²) in [6.07, 6.45) is 3.69. The monoisotopic (exact) mass is 164 g/mol. The number of nitrogens with zero attached hydrogens (tertiary/aromatic N) is 3. The van der Waals surface area contributed by atoms with Gasteiger partial charge in [-0.25, -0.2) is 0 Å². The van der Waals surface area contributed by atoms with Crippen LogP contribution in [0.4, 0.5) is 0 Å². The van der Waals surface area contributed by atoms with Crippen LogP contribution in [0.3, 0.4) is 0 Å². The van der Waals surface area contributed by atoms with Gasteiger partial charge in [0.1, 0.15) is 0 Å². The molecule has 0 radical (unpaired) electrons. The molecule has 2 aliphatic rings. The van der Waals surface area contributed by atoms with Crippen molar-refractivity contribution in [2.24, 2.45) is 17.8 Å². The van der Waals surface area contributed by atoms with Gasteiger partial charge in [-0.15, -0.1) is 5.10 Å². The van der Waals surface area contributed by atoms with Crippen LogP contribution in [0, 0.1) is 17.8 Å². The summed E-state index contributed by atoms with van der Waals surface area (Å²) >= 11 is 0. The van der Waals surface area contributed by atoms with E-state index in [0.29, 0.717) is 0 Å². The molecule has 0 bridgehead atoms. The Morgan fingerprint density at radius 3 is 2.92 bits per heavy atom. The van der Waals surface area contributed by atoms with Gasteiger partial charge in [-0.1, -0.05) is 5.21 Å². The molecule has 1 saturated carbocycles. The highest BCUT2D eigenvalue weighted by Gasteiger charge is 2.52. The van der Waals surface area contributed by atoms with Crippen molar-refractivity contribution in [1.82, 2.24) is 20.3 Å². The second-order valence-electron chi connectivity index (χ2n) is 3.77. The zero-order valence-electron chi connectivity index (χ0n) is 6.85. The molecule has 4 heteroatoms. The summed E-state index contributed by atoms with van der Waals surface area (Å²) in [7, 11) is 0. The van der Waals surface area contributed by atoms with Gasteiger partial charge in [-0.3, -0.25) is 4.68 Å². The molecule has 12 heavy (non-hydrogen) atoms. The van der Waals surface area contributed by atoms with Crippen LogP contribution in [0.25, 0.3) is 0 Å². The van der Waals surface area contributed by atoms with Crippen LogP contribution < -0.4 is 5.32 Å². The first-order valence-electron chi connectivity index (χ1n) is 4.50. The Balaban J connectivity index is 1.65. The first kappa shape index (κ1) is 6.60. The van der Waals surface area contributed by atoms with Gasteiger partial charge in [-0.2, -0.15) is 0 Å². The minimum absolute atomic E-state index is 0.868. The third-order valence-corrected chi connectivity index (χ3v) is 3.14. The topological polar surface area (TPSA) is 42.7 Å². The van der Waals surface area contributed by atoms with Crippen molar-refractivity contribution in [2.75, 3.05) is 13.1 Å². The molecule has 2 heterocycles. The largest absolute Gasteiger partial charge is 0.316 e. The summed E-state index contributed by atoms with van der Waals surface area (Å²) in [5.41, 5.74) is 0. The number of nitrogens with one attached hydrogen (secondary N) is 1. The van der Waals surface area contributed by atoms with Gasteiger partial charge in [0.2, 0.25) is 0 Å². The fourth-order valence-electron chi connectivity index (χ4n) is 2.36. The van der Waals surface area contributed by atoms with Gasteiger partial charge >= 0.3 is 0 Å². The molecule has 0 amide bonds. The predicted octanol–water partition coefficient (Wildman–Crippen LogP) is -0.257. The summed E-state index contributed by atoms with van der Waals surface area (Å²) in [6.45, 7) is 3.49. The van der Waals surface area contributed by atoms with E-state index < -0.39 is 0 Å². The standard InChI is InChI=1S/C8H12N4/c1-2-12(11-10-1)5-8-6-3-9-4-7(6)8/h1-2,6-9H,3-5H2/t6-,7+,8-. The molecule has 1 aliphatic heterocycles. The Kier molecular flexibility index (Phi) is 1.26. The number of fused-ring (bicyclic) bond motifs is 1. The molecular weight excluding hydrogens is 152 g/mol. The maximum absolute atomic E-state index is 3.97. The first-order chi connectivity index (χ1) is 5.95. The average molecular weight is 164 g/mol. The molecule has 4 nitrogen and oxygen atoms in total. The molecule has 3 atom stereocenters. The predicted molar refractivity (Wildman–Crippen MR) is 43.4 cm³/mol. The average Bonchev–Trinajstić information content (AvgIpc) is 2.59. The summed E-state index contributed by atoms with van der Waals surface area (Å²) < 4.78 is 1.95. The lowest BCUT2D eigenvalue weighted by Gasteiger charge is -2.02. The maximum Gasteiger partial charge on any atom is 0.0692 e. The molecule has 3 rings (SSSR count). The molecule has 0 unspecified atom stereocenters. The van der Waals surface area contributed by atoms with Crippen LogP contribution in [0.15, 0.2) is 12.4 Å². The SMILES string of the molecule is c1cn(C[C@@H]2[C@@H]3CNC[C@@H]32)nn1. The van der Waals surface area contributed by atoms with E-state index in [4.69, 9.17) is 0 Å². The minimum atomic E-state index is 0.868. The van der Waals surface area contributed by atoms with E-state index in [2.05, 4.69) is 15.6 Å². The van der Waals surface area contributed by atoms with Crippen molar-refractivity contribution >= 4 is 0 Å². The van der Waals surface area contributed by atoms with Crippen molar-refractivity contribution in [2.45, 2.75) is 6.54 Å². The van der Waals surface area contributed by atoms with E-state index in [9.17, 15) is 0 Å². The van der Waals surface area contributed by atoms with Crippen LogP contribution in [0.5, 0.6) is 0 Å². The lowest BCUT2D eigenvalue weighted by atomic mass is 10.3. The van der Waals surface area contributed by atoms with Crippen molar-refractivity contribution in [3.8, 4) is 0 Å². The van der Waals surface area contributed by atoms with Crippen LogP contribution in [0.2, 0.25) is 0 Å². The van der Waals surface area contributed by atoms with Crippen LogP contribution in [0.1, 0.15) is 0 Å². The summed E-state index contributed by atoms with van der Waals surface area (Å²) in [5.74, 6) is 2.72. The second kappa shape index (κ2) is 2.29. The number of rotatable bonds is 2. The molecule has 1 saturated heterocycles. The number of hydrogen-bond donors (Lipinski definition) is 1. The molecule has 1 aromatic heterocycles. The van der Waals surface area contributed by atoms with Gasteiger partial charge in [-0.05, 0) is 30.8 Å². The summed E-state index contributed by atoms with van der Waals surface area (Å²) in [4.78, 5) is 0. The molecule has 0 spiro atoms. The molecule has 64 valence electrons. The van der Waals surface area contributed by atoms with Crippen LogP contribution >= 0.6 is 0 Å². The van der Waals surface area contributed by atoms with E-state index in [0.717, 1.165) is 24.3 Å². The molecule has 0 aromatic carbocycles. The normalized spacial score (nSPS) is 38.2. The quantitative estimate of drug-likeness (QED) is 0.655. The smallest absolute Gasteiger partial charge is 0.0692 e. The highest BCUT2D eigenvalue weighted by atomic mass is 15.4. The summed E-state index contributed by atoms with van der Waals surface area (Å²) in [6, 6.07) is 0. The Morgan fingerprint density at radius 2 is 2.25 bits per heavy atom. The van der Waals surface area contributed by atoms with Gasteiger partial charge in [0, 0.05) is 12.7 Å². The Morgan fingerprint density at radius 1 is 1.42 bits per heavy atom. The van der Waals surface area contributed by atoms with E-state index in [1.807, 2.05) is 10.9 Å². The molecule has 1 aliphatic carbocycles. The fourth-order valence-corrected chi connectivity index (χ4v) is 2.36. The lowest BCUT2D eigenvalue weighted by Crippen LogP contribution is -2.17. The van der Waals surface area contributed by atoms with Crippen LogP contribution in [-0.2, 0) is 6.54 Å².